The summed E-state index contributed by atoms with van der Waals surface area (Å²) in [7, 11) is -1.92. The second-order valence-corrected chi connectivity index (χ2v) is 9.88. The third-order valence-electron chi connectivity index (χ3n) is 6.67. The van der Waals surface area contributed by atoms with Crippen LogP contribution in [-0.2, 0) is 19.2 Å². The second-order valence-electron chi connectivity index (χ2n) is 9.88. The number of likely N-dealkylation sites (N-methyl/N-ethyl adjacent to an activating group) is 1. The molecule has 41 heavy (non-hydrogen) atoms. The maximum Gasteiger partial charge on any atom is 0.308 e. The zero-order valence-electron chi connectivity index (χ0n) is 31.2. The highest BCUT2D eigenvalue weighted by Crippen LogP contribution is 2.18. The number of amides is 2. The molecule has 0 spiro atoms. The second kappa shape index (κ2) is 20.3. The van der Waals surface area contributed by atoms with Crippen molar-refractivity contribution in [2.75, 3.05) is 66.0 Å². The predicted molar refractivity (Wildman–Crippen MR) is 160 cm³/mol. The van der Waals surface area contributed by atoms with E-state index in [0.29, 0.717) is 45.3 Å². The Morgan fingerprint density at radius 3 is 2.29 bits per heavy atom. The lowest BCUT2D eigenvalue weighted by atomic mass is 9.95. The van der Waals surface area contributed by atoms with Gasteiger partial charge in [-0.25, -0.2) is 0 Å². The van der Waals surface area contributed by atoms with Crippen LogP contribution in [0.2, 0.25) is 0 Å². The Balaban J connectivity index is 0.000000859. The van der Waals surface area contributed by atoms with Gasteiger partial charge in [0.2, 0.25) is 11.8 Å². The summed E-state index contributed by atoms with van der Waals surface area (Å²) in [6.07, 6.45) is 3.32. The number of carbonyl (C=O) groups excluding carboxylic acids is 2. The highest BCUT2D eigenvalue weighted by atomic mass is 16.4. The Hall–Kier alpha value is -3.58. The standard InChI is InChI=1S/C18H31N5O4.C7H13N3O2.2CH4/c1-13(17(26)27)12-21-16(25)14-5-9-23(10-6-14)15(24)4-3-7-19-18-20-8-11-22(18)2;11-6(12)2-1-3-8-7-9-4-5-10-7;;/h13-14H,3-12H2,1-2H3,(H,19,20)(H,21,25)(H,26,27);1-5H2,(H,11,12)(H2,8,9,10);2*1H4/t13-;;;/m0.../s1/i;;1D4;1D3. The molecule has 3 heterocycles. The fourth-order valence-corrected chi connectivity index (χ4v) is 4.16. The predicted octanol–water partition coefficient (Wildman–Crippen LogP) is 0.405. The van der Waals surface area contributed by atoms with Crippen LogP contribution in [0.4, 0.5) is 0 Å². The van der Waals surface area contributed by atoms with Crippen molar-refractivity contribution < 1.29 is 39.0 Å². The van der Waals surface area contributed by atoms with Crippen molar-refractivity contribution in [3.05, 3.63) is 0 Å². The molecule has 1 saturated heterocycles. The van der Waals surface area contributed by atoms with Crippen molar-refractivity contribution >= 4 is 35.7 Å². The molecule has 6 N–H and O–H groups in total. The van der Waals surface area contributed by atoms with E-state index in [4.69, 9.17) is 19.8 Å². The molecule has 2 amide bonds. The first-order chi connectivity index (χ1) is 22.4. The number of carboxylic acid groups (broad SMARTS) is 2. The van der Waals surface area contributed by atoms with Gasteiger partial charge in [-0.1, -0.05) is 21.6 Å². The van der Waals surface area contributed by atoms with E-state index in [1.807, 2.05) is 11.9 Å². The van der Waals surface area contributed by atoms with E-state index in [-0.39, 0.29) is 30.7 Å². The summed E-state index contributed by atoms with van der Waals surface area (Å²) in [6, 6.07) is 0. The van der Waals surface area contributed by atoms with Crippen LogP contribution in [0.1, 0.15) is 69.7 Å². The molecule has 14 nitrogen and oxygen atoms in total. The average Bonchev–Trinajstić information content (AvgIpc) is 3.66. The van der Waals surface area contributed by atoms with E-state index in [1.165, 1.54) is 0 Å². The van der Waals surface area contributed by atoms with Gasteiger partial charge >= 0.3 is 11.9 Å². The van der Waals surface area contributed by atoms with Gasteiger partial charge in [0.25, 0.3) is 0 Å². The molecule has 0 aromatic rings. The molecule has 1 fully saturated rings. The quantitative estimate of drug-likeness (QED) is 0.173. The number of piperidine rings is 1. The Morgan fingerprint density at radius 2 is 1.73 bits per heavy atom. The first kappa shape index (κ1) is 26.3. The molecule has 0 radical (unpaired) electrons. The number of carbonyl (C=O) groups is 4. The molecule has 0 aromatic heterocycles. The minimum atomic E-state index is -2.50. The molecule has 0 unspecified atom stereocenters. The molecule has 3 aliphatic heterocycles. The summed E-state index contributed by atoms with van der Waals surface area (Å²) in [4.78, 5) is 57.7. The van der Waals surface area contributed by atoms with E-state index in [2.05, 4.69) is 36.2 Å². The van der Waals surface area contributed by atoms with Crippen LogP contribution in [0, 0.1) is 11.8 Å². The maximum atomic E-state index is 12.3. The van der Waals surface area contributed by atoms with E-state index in [9.17, 15) is 19.2 Å². The van der Waals surface area contributed by atoms with Crippen LogP contribution in [0.25, 0.3) is 0 Å². The van der Waals surface area contributed by atoms with Crippen LogP contribution in [-0.4, -0.2) is 122 Å². The maximum absolute atomic E-state index is 12.3. The van der Waals surface area contributed by atoms with Gasteiger partial charge < -0.3 is 41.3 Å². The molecule has 0 saturated carbocycles. The molecule has 3 aliphatic rings. The van der Waals surface area contributed by atoms with Crippen molar-refractivity contribution in [3.63, 3.8) is 0 Å². The molecular formula is C27H52N8O6. The van der Waals surface area contributed by atoms with Gasteiger partial charge in [-0.3, -0.25) is 29.2 Å². The van der Waals surface area contributed by atoms with Crippen LogP contribution < -0.4 is 21.3 Å². The summed E-state index contributed by atoms with van der Waals surface area (Å²) in [5.74, 6) is -0.716. The largest absolute Gasteiger partial charge is 0.481 e. The fourth-order valence-electron chi connectivity index (χ4n) is 4.16. The summed E-state index contributed by atoms with van der Waals surface area (Å²) < 4.78 is 41.5. The number of guanidine groups is 2. The minimum absolute atomic E-state index is 0.110. The summed E-state index contributed by atoms with van der Waals surface area (Å²) in [5.41, 5.74) is 0. The van der Waals surface area contributed by atoms with E-state index < -0.39 is 32.5 Å². The van der Waals surface area contributed by atoms with Crippen LogP contribution in [0.5, 0.6) is 0 Å². The third kappa shape index (κ3) is 14.6. The number of nitrogens with one attached hydrogen (secondary N) is 4. The molecule has 0 aliphatic carbocycles. The summed E-state index contributed by atoms with van der Waals surface area (Å²) in [6.45, 7) is 7.67. The normalized spacial score (nSPS) is 19.3. The van der Waals surface area contributed by atoms with Crippen molar-refractivity contribution in [1.82, 2.24) is 31.1 Å². The fraction of sp³-hybridized carbons (Fsp3) is 0.778. The van der Waals surface area contributed by atoms with E-state index in [0.717, 1.165) is 51.1 Å². The smallest absolute Gasteiger partial charge is 0.308 e. The van der Waals surface area contributed by atoms with E-state index >= 15 is 0 Å². The average molecular weight is 592 g/mol. The highest BCUT2D eigenvalue weighted by Gasteiger charge is 2.27. The lowest BCUT2D eigenvalue weighted by molar-refractivity contribution is -0.141. The molecule has 3 rings (SSSR count). The van der Waals surface area contributed by atoms with Crippen molar-refractivity contribution in [2.24, 2.45) is 21.8 Å². The first-order valence-corrected chi connectivity index (χ1v) is 13.7. The number of aliphatic imine (C=N–C) groups is 2. The Kier molecular flexibility index (Phi) is 13.0. The monoisotopic (exact) mass is 591 g/mol. The summed E-state index contributed by atoms with van der Waals surface area (Å²) in [5, 5.41) is 29.2. The lowest BCUT2D eigenvalue weighted by Gasteiger charge is -2.31. The summed E-state index contributed by atoms with van der Waals surface area (Å²) >= 11 is 0. The molecule has 0 bridgehead atoms. The molecule has 1 atom stereocenters. The molecule has 14 heteroatoms. The van der Waals surface area contributed by atoms with Crippen LogP contribution in [0.3, 0.4) is 0 Å². The SMILES string of the molecule is C[C@@H](CNC(=O)C1CCN(C(=O)CCCNC2=NCCN2C)CC1)C(=O)O.O=C(O)CCCNC1=NCCN1.[2H]C([2H])([2H])[2H].[2H]C([2H])[2H]. The number of hydrogen-bond donors (Lipinski definition) is 6. The van der Waals surface area contributed by atoms with Crippen molar-refractivity contribution in [1.29, 1.82) is 0 Å². The molecule has 236 valence electrons. The molecule has 0 aromatic carbocycles. The van der Waals surface area contributed by atoms with Crippen LogP contribution >= 0.6 is 0 Å². The van der Waals surface area contributed by atoms with Crippen molar-refractivity contribution in [3.8, 4) is 0 Å². The number of carboxylic acids is 2. The number of hydrogen-bond acceptors (Lipinski definition) is 10. The van der Waals surface area contributed by atoms with Gasteiger partial charge in [-0.15, -0.1) is 0 Å². The lowest BCUT2D eigenvalue weighted by Crippen LogP contribution is -2.44. The highest BCUT2D eigenvalue weighted by molar-refractivity contribution is 5.82. The van der Waals surface area contributed by atoms with E-state index in [1.54, 1.807) is 6.92 Å². The number of likely N-dealkylation sites (tertiary alicyclic amines) is 1. The zero-order valence-corrected chi connectivity index (χ0v) is 24.2. The minimum Gasteiger partial charge on any atom is -0.481 e. The van der Waals surface area contributed by atoms with Gasteiger partial charge in [0, 0.05) is 81.2 Å². The third-order valence-corrected chi connectivity index (χ3v) is 6.67. The Labute approximate surface area is 254 Å². The number of rotatable bonds is 12. The van der Waals surface area contributed by atoms with Crippen LogP contribution in [0.15, 0.2) is 9.98 Å². The van der Waals surface area contributed by atoms with Gasteiger partial charge in [0.15, 0.2) is 11.9 Å². The number of aliphatic carboxylic acids is 2. The van der Waals surface area contributed by atoms with Gasteiger partial charge in [-0.05, 0) is 25.7 Å². The van der Waals surface area contributed by atoms with Crippen molar-refractivity contribution in [2.45, 2.75) is 60.1 Å². The van der Waals surface area contributed by atoms with Gasteiger partial charge in [-0.2, -0.15) is 0 Å². The molecular weight excluding hydrogens is 532 g/mol. The topological polar surface area (TPSA) is 188 Å². The first-order valence-electron chi connectivity index (χ1n) is 17.4. The Morgan fingerprint density at radius 1 is 1.07 bits per heavy atom. The number of nitrogens with zero attached hydrogens (tertiary/aromatic N) is 4. The zero-order chi connectivity index (χ0) is 36.7. The van der Waals surface area contributed by atoms with Gasteiger partial charge in [0.1, 0.15) is 0 Å². The van der Waals surface area contributed by atoms with Gasteiger partial charge in [0.05, 0.1) is 19.0 Å². The Bertz CT molecular complexity index is 1040.